The van der Waals surface area contributed by atoms with E-state index in [-0.39, 0.29) is 12.2 Å². The summed E-state index contributed by atoms with van der Waals surface area (Å²) in [4.78, 5) is 2.44. The number of nitrogens with zero attached hydrogens (tertiary/aromatic N) is 1. The van der Waals surface area contributed by atoms with Crippen molar-refractivity contribution in [2.45, 2.75) is 44.8 Å². The molecule has 4 heteroatoms. The van der Waals surface area contributed by atoms with Gasteiger partial charge in [-0.2, -0.15) is 0 Å². The average Bonchev–Trinajstić information content (AvgIpc) is 2.73. The van der Waals surface area contributed by atoms with Crippen LogP contribution in [0.5, 0.6) is 0 Å². The molecule has 1 unspecified atom stereocenters. The van der Waals surface area contributed by atoms with E-state index in [2.05, 4.69) is 29.2 Å². The summed E-state index contributed by atoms with van der Waals surface area (Å²) < 4.78 is 11.8. The Balaban J connectivity index is 1.65. The molecule has 0 aliphatic carbocycles. The summed E-state index contributed by atoms with van der Waals surface area (Å²) >= 11 is 0. The van der Waals surface area contributed by atoms with Crippen molar-refractivity contribution in [1.29, 1.82) is 0 Å². The molecular weight excluding hydrogens is 252 g/mol. The molecule has 0 amide bonds. The van der Waals surface area contributed by atoms with Gasteiger partial charge in [0.2, 0.25) is 0 Å². The first kappa shape index (κ1) is 14.0. The molecule has 0 aromatic heterocycles. The van der Waals surface area contributed by atoms with Crippen molar-refractivity contribution >= 4 is 0 Å². The number of fused-ring (bicyclic) bond motifs is 1. The van der Waals surface area contributed by atoms with E-state index >= 15 is 0 Å². The van der Waals surface area contributed by atoms with Gasteiger partial charge in [-0.3, -0.25) is 4.90 Å². The maximum Gasteiger partial charge on any atom is 0.163 e. The average molecular weight is 276 g/mol. The standard InChI is InChI=1S/C16H24N2O2/c1-16(2)19-14(9-17)15(20-16)11-18-8-7-12-5-3-4-6-13(12)10-18/h3-6,14-15H,7-11,17H2,1-2H3/t14-,15?/m1/s1. The molecule has 0 saturated carbocycles. The molecule has 2 aliphatic rings. The second kappa shape index (κ2) is 5.45. The first-order chi connectivity index (χ1) is 9.57. The summed E-state index contributed by atoms with van der Waals surface area (Å²) in [5.74, 6) is -0.512. The molecule has 4 nitrogen and oxygen atoms in total. The molecule has 20 heavy (non-hydrogen) atoms. The van der Waals surface area contributed by atoms with Crippen LogP contribution < -0.4 is 5.73 Å². The smallest absolute Gasteiger partial charge is 0.163 e. The topological polar surface area (TPSA) is 47.7 Å². The van der Waals surface area contributed by atoms with Gasteiger partial charge in [0.15, 0.2) is 5.79 Å². The monoisotopic (exact) mass is 276 g/mol. The SMILES string of the molecule is CC1(C)OC(CN2CCc3ccccc3C2)[C@@H](CN)O1. The molecular formula is C16H24N2O2. The van der Waals surface area contributed by atoms with Gasteiger partial charge in [-0.25, -0.2) is 0 Å². The molecule has 0 radical (unpaired) electrons. The third-order valence-corrected chi connectivity index (χ3v) is 4.17. The molecule has 1 fully saturated rings. The van der Waals surface area contributed by atoms with Crippen LogP contribution in [0.1, 0.15) is 25.0 Å². The van der Waals surface area contributed by atoms with Crippen LogP contribution in [0, 0.1) is 0 Å². The summed E-state index contributed by atoms with van der Waals surface area (Å²) in [6.45, 7) is 7.39. The fraction of sp³-hybridized carbons (Fsp3) is 0.625. The van der Waals surface area contributed by atoms with E-state index in [0.717, 1.165) is 26.1 Å². The fourth-order valence-corrected chi connectivity index (χ4v) is 3.23. The molecule has 1 saturated heterocycles. The minimum atomic E-state index is -0.512. The molecule has 2 heterocycles. The maximum atomic E-state index is 6.00. The van der Waals surface area contributed by atoms with Gasteiger partial charge in [0.05, 0.1) is 0 Å². The van der Waals surface area contributed by atoms with Crippen LogP contribution in [-0.4, -0.2) is 42.5 Å². The Morgan fingerprint density at radius 3 is 2.65 bits per heavy atom. The largest absolute Gasteiger partial charge is 0.343 e. The first-order valence-electron chi connectivity index (χ1n) is 7.42. The van der Waals surface area contributed by atoms with Gasteiger partial charge in [0.1, 0.15) is 12.2 Å². The Morgan fingerprint density at radius 1 is 1.20 bits per heavy atom. The lowest BCUT2D eigenvalue weighted by Crippen LogP contribution is -2.42. The predicted octanol–water partition coefficient (Wildman–Crippen LogP) is 1.52. The Kier molecular flexibility index (Phi) is 3.82. The van der Waals surface area contributed by atoms with E-state index in [1.807, 2.05) is 13.8 Å². The van der Waals surface area contributed by atoms with Gasteiger partial charge in [-0.15, -0.1) is 0 Å². The Morgan fingerprint density at radius 2 is 1.90 bits per heavy atom. The molecule has 2 N–H and O–H groups in total. The van der Waals surface area contributed by atoms with Crippen molar-refractivity contribution in [2.75, 3.05) is 19.6 Å². The molecule has 3 rings (SSSR count). The van der Waals surface area contributed by atoms with Crippen molar-refractivity contribution in [3.05, 3.63) is 35.4 Å². The van der Waals surface area contributed by atoms with Crippen LogP contribution in [0.2, 0.25) is 0 Å². The lowest BCUT2D eigenvalue weighted by Gasteiger charge is -2.31. The molecule has 1 aromatic carbocycles. The summed E-state index contributed by atoms with van der Waals surface area (Å²) in [5, 5.41) is 0. The zero-order chi connectivity index (χ0) is 14.2. The number of ether oxygens (including phenoxy) is 2. The van der Waals surface area contributed by atoms with Crippen LogP contribution in [0.3, 0.4) is 0 Å². The lowest BCUT2D eigenvalue weighted by molar-refractivity contribution is -0.147. The highest BCUT2D eigenvalue weighted by Crippen LogP contribution is 2.29. The Bertz CT molecular complexity index is 475. The van der Waals surface area contributed by atoms with Crippen LogP contribution in [0.25, 0.3) is 0 Å². The van der Waals surface area contributed by atoms with Crippen molar-refractivity contribution in [3.63, 3.8) is 0 Å². The van der Waals surface area contributed by atoms with E-state index in [0.29, 0.717) is 6.54 Å². The third-order valence-electron chi connectivity index (χ3n) is 4.17. The molecule has 110 valence electrons. The molecule has 2 atom stereocenters. The quantitative estimate of drug-likeness (QED) is 0.909. The second-order valence-corrected chi connectivity index (χ2v) is 6.20. The van der Waals surface area contributed by atoms with Crippen molar-refractivity contribution < 1.29 is 9.47 Å². The van der Waals surface area contributed by atoms with Crippen LogP contribution in [0.15, 0.2) is 24.3 Å². The van der Waals surface area contributed by atoms with Crippen LogP contribution >= 0.6 is 0 Å². The Hall–Kier alpha value is -0.940. The number of nitrogens with two attached hydrogens (primary N) is 1. The number of rotatable bonds is 3. The van der Waals surface area contributed by atoms with E-state index in [1.165, 1.54) is 11.1 Å². The number of hydrogen-bond donors (Lipinski definition) is 1. The summed E-state index contributed by atoms with van der Waals surface area (Å²) in [6.07, 6.45) is 1.18. The maximum absolute atomic E-state index is 6.00. The lowest BCUT2D eigenvalue weighted by atomic mass is 9.99. The highest BCUT2D eigenvalue weighted by atomic mass is 16.8. The van der Waals surface area contributed by atoms with Gasteiger partial charge in [0.25, 0.3) is 0 Å². The van der Waals surface area contributed by atoms with Gasteiger partial charge >= 0.3 is 0 Å². The number of hydrogen-bond acceptors (Lipinski definition) is 4. The molecule has 2 aliphatic heterocycles. The van der Waals surface area contributed by atoms with E-state index in [1.54, 1.807) is 0 Å². The summed E-state index contributed by atoms with van der Waals surface area (Å²) in [6, 6.07) is 8.68. The molecule has 0 spiro atoms. The second-order valence-electron chi connectivity index (χ2n) is 6.20. The van der Waals surface area contributed by atoms with Gasteiger partial charge in [-0.1, -0.05) is 24.3 Å². The zero-order valence-corrected chi connectivity index (χ0v) is 12.3. The minimum Gasteiger partial charge on any atom is -0.343 e. The summed E-state index contributed by atoms with van der Waals surface area (Å²) in [5.41, 5.74) is 8.71. The third kappa shape index (κ3) is 2.88. The normalized spacial score (nSPS) is 29.4. The van der Waals surface area contributed by atoms with Gasteiger partial charge < -0.3 is 15.2 Å². The van der Waals surface area contributed by atoms with Gasteiger partial charge in [0, 0.05) is 26.2 Å². The van der Waals surface area contributed by atoms with Crippen LogP contribution in [-0.2, 0) is 22.4 Å². The van der Waals surface area contributed by atoms with E-state index in [4.69, 9.17) is 15.2 Å². The fourth-order valence-electron chi connectivity index (χ4n) is 3.23. The highest BCUT2D eigenvalue weighted by Gasteiger charge is 2.41. The van der Waals surface area contributed by atoms with E-state index in [9.17, 15) is 0 Å². The predicted molar refractivity (Wildman–Crippen MR) is 78.3 cm³/mol. The first-order valence-corrected chi connectivity index (χ1v) is 7.42. The van der Waals surface area contributed by atoms with Crippen molar-refractivity contribution in [3.8, 4) is 0 Å². The Labute approximate surface area is 120 Å². The van der Waals surface area contributed by atoms with Gasteiger partial charge in [-0.05, 0) is 31.4 Å². The number of benzene rings is 1. The molecule has 1 aromatic rings. The summed E-state index contributed by atoms with van der Waals surface area (Å²) in [7, 11) is 0. The van der Waals surface area contributed by atoms with Crippen molar-refractivity contribution in [1.82, 2.24) is 4.90 Å². The highest BCUT2D eigenvalue weighted by molar-refractivity contribution is 5.29. The van der Waals surface area contributed by atoms with Crippen molar-refractivity contribution in [2.24, 2.45) is 5.73 Å². The zero-order valence-electron chi connectivity index (χ0n) is 12.3. The molecule has 0 bridgehead atoms. The minimum absolute atomic E-state index is 0.00201. The van der Waals surface area contributed by atoms with E-state index < -0.39 is 5.79 Å². The van der Waals surface area contributed by atoms with Crippen LogP contribution in [0.4, 0.5) is 0 Å².